The Morgan fingerprint density at radius 2 is 2.10 bits per heavy atom. The summed E-state index contributed by atoms with van der Waals surface area (Å²) >= 11 is 0. The van der Waals surface area contributed by atoms with Crippen LogP contribution in [0.5, 0.6) is 0 Å². The number of hydrogen-bond donors (Lipinski definition) is 1. The third kappa shape index (κ3) is 2.76. The Labute approximate surface area is 123 Å². The topological polar surface area (TPSA) is 96.2 Å². The van der Waals surface area contributed by atoms with E-state index in [0.717, 1.165) is 22.8 Å². The summed E-state index contributed by atoms with van der Waals surface area (Å²) < 4.78 is 11.9. The summed E-state index contributed by atoms with van der Waals surface area (Å²) in [4.78, 5) is 16.2. The lowest BCUT2D eigenvalue weighted by atomic mass is 10.2. The molecule has 0 amide bonds. The zero-order chi connectivity index (χ0) is 15.6. The maximum Gasteiger partial charge on any atom is 0.360 e. The zero-order valence-corrected chi connectivity index (χ0v) is 12.8. The maximum absolute atomic E-state index is 11.9. The van der Waals surface area contributed by atoms with Crippen LogP contribution in [0.25, 0.3) is 0 Å². The minimum Gasteiger partial charge on any atom is -0.461 e. The fourth-order valence-corrected chi connectivity index (χ4v) is 2.20. The molecular formula is C14H20N4O3. The fourth-order valence-electron chi connectivity index (χ4n) is 2.20. The first kappa shape index (κ1) is 15.1. The molecule has 7 nitrogen and oxygen atoms in total. The van der Waals surface area contributed by atoms with Crippen molar-refractivity contribution >= 4 is 11.8 Å². The van der Waals surface area contributed by atoms with Crippen molar-refractivity contribution in [2.45, 2.75) is 40.7 Å². The number of anilines is 1. The molecule has 0 bridgehead atoms. The van der Waals surface area contributed by atoms with Gasteiger partial charge in [-0.3, -0.25) is 0 Å². The van der Waals surface area contributed by atoms with Gasteiger partial charge in [0.05, 0.1) is 18.8 Å². The molecule has 0 radical (unpaired) electrons. The molecule has 0 aliphatic carbocycles. The molecule has 0 aliphatic rings. The van der Waals surface area contributed by atoms with Gasteiger partial charge in [0.1, 0.15) is 17.4 Å². The molecule has 2 aromatic rings. The van der Waals surface area contributed by atoms with Gasteiger partial charge in [0.15, 0.2) is 5.69 Å². The molecule has 2 N–H and O–H groups in total. The lowest BCUT2D eigenvalue weighted by Crippen LogP contribution is -2.11. The van der Waals surface area contributed by atoms with Gasteiger partial charge >= 0.3 is 5.97 Å². The maximum atomic E-state index is 11.9. The lowest BCUT2D eigenvalue weighted by Gasteiger charge is -2.08. The minimum atomic E-state index is -0.498. The average Bonchev–Trinajstić information content (AvgIpc) is 2.94. The van der Waals surface area contributed by atoms with Gasteiger partial charge in [-0.1, -0.05) is 12.1 Å². The van der Waals surface area contributed by atoms with E-state index in [0.29, 0.717) is 18.8 Å². The Kier molecular flexibility index (Phi) is 4.30. The van der Waals surface area contributed by atoms with Crippen molar-refractivity contribution in [3.05, 3.63) is 28.5 Å². The van der Waals surface area contributed by atoms with Crippen LogP contribution in [-0.2, 0) is 17.7 Å². The van der Waals surface area contributed by atoms with Gasteiger partial charge in [-0.15, -0.1) is 0 Å². The van der Waals surface area contributed by atoms with E-state index in [1.54, 1.807) is 11.5 Å². The van der Waals surface area contributed by atoms with Crippen LogP contribution >= 0.6 is 0 Å². The van der Waals surface area contributed by atoms with Crippen LogP contribution in [0, 0.1) is 13.8 Å². The number of ether oxygens (including phenoxy) is 1. The standard InChI is InChI=1S/C14H20N4O3/c1-5-11-16-12(14(19)20-6-2)13(15)18(11)7-10-8(3)17-21-9(10)4/h5-7,15H2,1-4H3. The second kappa shape index (κ2) is 5.99. The van der Waals surface area contributed by atoms with Crippen LogP contribution in [0.1, 0.15) is 47.2 Å². The second-order valence-corrected chi connectivity index (χ2v) is 4.72. The van der Waals surface area contributed by atoms with E-state index in [9.17, 15) is 4.79 Å². The molecule has 2 aromatic heterocycles. The first-order chi connectivity index (χ1) is 9.99. The molecule has 0 unspecified atom stereocenters. The zero-order valence-electron chi connectivity index (χ0n) is 12.8. The van der Waals surface area contributed by atoms with Crippen molar-refractivity contribution in [2.24, 2.45) is 0 Å². The molecule has 21 heavy (non-hydrogen) atoms. The van der Waals surface area contributed by atoms with E-state index in [1.165, 1.54) is 0 Å². The third-order valence-corrected chi connectivity index (χ3v) is 3.37. The van der Waals surface area contributed by atoms with E-state index in [1.807, 2.05) is 20.8 Å². The molecular weight excluding hydrogens is 272 g/mol. The highest BCUT2D eigenvalue weighted by molar-refractivity contribution is 5.92. The Balaban J connectivity index is 2.41. The van der Waals surface area contributed by atoms with E-state index in [4.69, 9.17) is 15.0 Å². The van der Waals surface area contributed by atoms with E-state index in [-0.39, 0.29) is 12.3 Å². The highest BCUT2D eigenvalue weighted by Gasteiger charge is 2.22. The molecule has 0 aliphatic heterocycles. The van der Waals surface area contributed by atoms with Crippen molar-refractivity contribution < 1.29 is 14.1 Å². The van der Waals surface area contributed by atoms with Crippen LogP contribution in [0.2, 0.25) is 0 Å². The highest BCUT2D eigenvalue weighted by atomic mass is 16.5. The van der Waals surface area contributed by atoms with Crippen molar-refractivity contribution in [1.82, 2.24) is 14.7 Å². The summed E-state index contributed by atoms with van der Waals surface area (Å²) in [6.07, 6.45) is 0.660. The van der Waals surface area contributed by atoms with Gasteiger partial charge in [0.25, 0.3) is 0 Å². The molecule has 0 aromatic carbocycles. The highest BCUT2D eigenvalue weighted by Crippen LogP contribution is 2.21. The largest absolute Gasteiger partial charge is 0.461 e. The molecule has 114 valence electrons. The number of rotatable bonds is 5. The predicted molar refractivity (Wildman–Crippen MR) is 77.1 cm³/mol. The van der Waals surface area contributed by atoms with Crippen LogP contribution in [0.15, 0.2) is 4.52 Å². The average molecular weight is 292 g/mol. The Bertz CT molecular complexity index is 638. The number of esters is 1. The minimum absolute atomic E-state index is 0.167. The van der Waals surface area contributed by atoms with E-state index in [2.05, 4.69) is 10.1 Å². The summed E-state index contributed by atoms with van der Waals surface area (Å²) in [7, 11) is 0. The van der Waals surface area contributed by atoms with Crippen molar-refractivity contribution in [1.29, 1.82) is 0 Å². The summed E-state index contributed by atoms with van der Waals surface area (Å²) in [5.74, 6) is 1.28. The van der Waals surface area contributed by atoms with Crippen molar-refractivity contribution in [3.63, 3.8) is 0 Å². The molecule has 0 atom stereocenters. The molecule has 0 saturated heterocycles. The van der Waals surface area contributed by atoms with E-state index >= 15 is 0 Å². The number of aromatic nitrogens is 3. The monoisotopic (exact) mass is 292 g/mol. The quantitative estimate of drug-likeness (QED) is 0.845. The van der Waals surface area contributed by atoms with Gasteiger partial charge in [0, 0.05) is 12.0 Å². The third-order valence-electron chi connectivity index (χ3n) is 3.37. The van der Waals surface area contributed by atoms with Crippen LogP contribution in [0.3, 0.4) is 0 Å². The number of imidazole rings is 1. The SMILES string of the molecule is CCOC(=O)c1nc(CC)n(Cc2c(C)noc2C)c1N. The first-order valence-electron chi connectivity index (χ1n) is 6.93. The van der Waals surface area contributed by atoms with Gasteiger partial charge < -0.3 is 19.6 Å². The molecule has 7 heteroatoms. The van der Waals surface area contributed by atoms with E-state index < -0.39 is 5.97 Å². The molecule has 0 fully saturated rings. The molecule has 0 saturated carbocycles. The summed E-state index contributed by atoms with van der Waals surface area (Å²) in [6.45, 7) is 8.19. The number of nitrogen functional groups attached to an aromatic ring is 1. The molecule has 2 rings (SSSR count). The van der Waals surface area contributed by atoms with Crippen LogP contribution < -0.4 is 5.73 Å². The van der Waals surface area contributed by atoms with Gasteiger partial charge in [-0.05, 0) is 20.8 Å². The van der Waals surface area contributed by atoms with Gasteiger partial charge in [-0.25, -0.2) is 9.78 Å². The Morgan fingerprint density at radius 3 is 2.62 bits per heavy atom. The number of nitrogens with zero attached hydrogens (tertiary/aromatic N) is 3. The normalized spacial score (nSPS) is 10.9. The lowest BCUT2D eigenvalue weighted by molar-refractivity contribution is 0.0521. The predicted octanol–water partition coefficient (Wildman–Crippen LogP) is 1.86. The van der Waals surface area contributed by atoms with Crippen LogP contribution in [0.4, 0.5) is 5.82 Å². The number of hydrogen-bond acceptors (Lipinski definition) is 6. The van der Waals surface area contributed by atoms with Gasteiger partial charge in [0.2, 0.25) is 0 Å². The van der Waals surface area contributed by atoms with Crippen molar-refractivity contribution in [2.75, 3.05) is 12.3 Å². The molecule has 2 heterocycles. The summed E-state index contributed by atoms with van der Waals surface area (Å²) in [5, 5.41) is 3.93. The Hall–Kier alpha value is -2.31. The van der Waals surface area contributed by atoms with Crippen molar-refractivity contribution in [3.8, 4) is 0 Å². The number of carbonyl (C=O) groups is 1. The smallest absolute Gasteiger partial charge is 0.360 e. The number of aryl methyl sites for hydroxylation is 3. The molecule has 0 spiro atoms. The number of nitrogens with two attached hydrogens (primary N) is 1. The fraction of sp³-hybridized carbons (Fsp3) is 0.500. The summed E-state index contributed by atoms with van der Waals surface area (Å²) in [6, 6.07) is 0. The summed E-state index contributed by atoms with van der Waals surface area (Å²) in [5.41, 5.74) is 8.00. The Morgan fingerprint density at radius 1 is 1.38 bits per heavy atom. The van der Waals surface area contributed by atoms with Crippen LogP contribution in [-0.4, -0.2) is 27.3 Å². The van der Waals surface area contributed by atoms with Gasteiger partial charge in [-0.2, -0.15) is 0 Å². The second-order valence-electron chi connectivity index (χ2n) is 4.72. The first-order valence-corrected chi connectivity index (χ1v) is 6.93. The number of carbonyl (C=O) groups excluding carboxylic acids is 1.